The second-order valence-corrected chi connectivity index (χ2v) is 3.93. The smallest absolute Gasteiger partial charge is 0.319 e. The van der Waals surface area contributed by atoms with Crippen molar-refractivity contribution in [2.75, 3.05) is 33.2 Å². The number of nitrogens with zero attached hydrogens (tertiary/aromatic N) is 3. The number of H-pyrrole nitrogens is 1. The first-order valence-corrected chi connectivity index (χ1v) is 5.45. The third kappa shape index (κ3) is 2.55. The number of amides is 3. The van der Waals surface area contributed by atoms with Crippen LogP contribution in [0, 0.1) is 0 Å². The summed E-state index contributed by atoms with van der Waals surface area (Å²) in [6.07, 6.45) is 2.99. The van der Waals surface area contributed by atoms with E-state index in [2.05, 4.69) is 15.5 Å². The molecule has 0 unspecified atom stereocenters. The fraction of sp³-hybridized carbons (Fsp3) is 0.500. The lowest BCUT2D eigenvalue weighted by molar-refractivity contribution is 0.0950. The molecule has 2 N–H and O–H groups in total. The standard InChI is InChI=1S/C10H15N5O2/c1-14-4-5-15(10(14)17)3-2-11-9(16)8-6-12-13-7-8/h6-7H,2-5H2,1H3,(H,11,16)(H,12,13). The Morgan fingerprint density at radius 2 is 2.41 bits per heavy atom. The molecule has 0 aliphatic carbocycles. The number of rotatable bonds is 4. The Balaban J connectivity index is 1.73. The van der Waals surface area contributed by atoms with Crippen LogP contribution in [0.5, 0.6) is 0 Å². The van der Waals surface area contributed by atoms with Crippen LogP contribution in [0.15, 0.2) is 12.4 Å². The summed E-state index contributed by atoms with van der Waals surface area (Å²) in [5, 5.41) is 9.00. The van der Waals surface area contributed by atoms with Gasteiger partial charge in [-0.05, 0) is 0 Å². The summed E-state index contributed by atoms with van der Waals surface area (Å²) < 4.78 is 0. The zero-order valence-corrected chi connectivity index (χ0v) is 9.64. The summed E-state index contributed by atoms with van der Waals surface area (Å²) in [5.74, 6) is -0.182. The van der Waals surface area contributed by atoms with Crippen LogP contribution in [0.1, 0.15) is 10.4 Å². The van der Waals surface area contributed by atoms with Gasteiger partial charge in [-0.25, -0.2) is 4.79 Å². The summed E-state index contributed by atoms with van der Waals surface area (Å²) in [5.41, 5.74) is 0.495. The van der Waals surface area contributed by atoms with Gasteiger partial charge < -0.3 is 15.1 Å². The van der Waals surface area contributed by atoms with Crippen molar-refractivity contribution in [3.8, 4) is 0 Å². The fourth-order valence-electron chi connectivity index (χ4n) is 1.69. The average molecular weight is 237 g/mol. The van der Waals surface area contributed by atoms with Gasteiger partial charge in [-0.3, -0.25) is 9.89 Å². The van der Waals surface area contributed by atoms with Gasteiger partial charge in [0.2, 0.25) is 0 Å². The van der Waals surface area contributed by atoms with Gasteiger partial charge in [0.15, 0.2) is 0 Å². The van der Waals surface area contributed by atoms with E-state index in [9.17, 15) is 9.59 Å². The number of hydrogen-bond acceptors (Lipinski definition) is 3. The van der Waals surface area contributed by atoms with Crippen molar-refractivity contribution in [2.24, 2.45) is 0 Å². The minimum atomic E-state index is -0.182. The number of likely N-dealkylation sites (N-methyl/N-ethyl adjacent to an activating group) is 1. The van der Waals surface area contributed by atoms with Crippen molar-refractivity contribution in [2.45, 2.75) is 0 Å². The first-order valence-electron chi connectivity index (χ1n) is 5.45. The molecule has 0 aromatic carbocycles. The van der Waals surface area contributed by atoms with E-state index in [1.54, 1.807) is 16.8 Å². The second-order valence-electron chi connectivity index (χ2n) is 3.93. The Hall–Kier alpha value is -2.05. The molecule has 2 heterocycles. The molecule has 3 amide bonds. The lowest BCUT2D eigenvalue weighted by Crippen LogP contribution is -2.37. The predicted octanol–water partition coefficient (Wildman–Crippen LogP) is -0.493. The van der Waals surface area contributed by atoms with Gasteiger partial charge in [-0.2, -0.15) is 5.10 Å². The molecule has 0 radical (unpaired) electrons. The highest BCUT2D eigenvalue weighted by Crippen LogP contribution is 2.04. The summed E-state index contributed by atoms with van der Waals surface area (Å²) >= 11 is 0. The number of carbonyl (C=O) groups excluding carboxylic acids is 2. The van der Waals surface area contributed by atoms with Crippen LogP contribution in [-0.2, 0) is 0 Å². The van der Waals surface area contributed by atoms with Crippen molar-refractivity contribution < 1.29 is 9.59 Å². The zero-order chi connectivity index (χ0) is 12.3. The molecule has 1 aromatic rings. The van der Waals surface area contributed by atoms with Crippen molar-refractivity contribution in [1.82, 2.24) is 25.3 Å². The molecule has 0 atom stereocenters. The largest absolute Gasteiger partial charge is 0.350 e. The molecule has 7 nitrogen and oxygen atoms in total. The van der Waals surface area contributed by atoms with Crippen molar-refractivity contribution in [3.63, 3.8) is 0 Å². The van der Waals surface area contributed by atoms with E-state index in [0.29, 0.717) is 18.7 Å². The molecule has 1 aliphatic heterocycles. The lowest BCUT2D eigenvalue weighted by atomic mass is 10.3. The van der Waals surface area contributed by atoms with E-state index in [1.165, 1.54) is 12.4 Å². The minimum absolute atomic E-state index is 0.0163. The van der Waals surface area contributed by atoms with Gasteiger partial charge in [0, 0.05) is 39.4 Å². The molecule has 1 saturated heterocycles. The predicted molar refractivity (Wildman–Crippen MR) is 60.5 cm³/mol. The van der Waals surface area contributed by atoms with Crippen LogP contribution in [0.3, 0.4) is 0 Å². The Morgan fingerprint density at radius 1 is 1.59 bits per heavy atom. The number of urea groups is 1. The number of carbonyl (C=O) groups is 2. The van der Waals surface area contributed by atoms with E-state index < -0.39 is 0 Å². The van der Waals surface area contributed by atoms with Crippen LogP contribution < -0.4 is 5.32 Å². The Morgan fingerprint density at radius 3 is 3.00 bits per heavy atom. The summed E-state index contributed by atoms with van der Waals surface area (Å²) in [6, 6.07) is 0.0163. The Labute approximate surface area is 98.8 Å². The van der Waals surface area contributed by atoms with Crippen molar-refractivity contribution in [3.05, 3.63) is 18.0 Å². The maximum absolute atomic E-state index is 11.5. The molecule has 17 heavy (non-hydrogen) atoms. The first-order chi connectivity index (χ1) is 8.18. The molecule has 1 fully saturated rings. The molecular formula is C10H15N5O2. The quantitative estimate of drug-likeness (QED) is 0.741. The third-order valence-electron chi connectivity index (χ3n) is 2.73. The molecule has 0 saturated carbocycles. The first kappa shape index (κ1) is 11.4. The van der Waals surface area contributed by atoms with Crippen LogP contribution in [-0.4, -0.2) is 65.2 Å². The van der Waals surface area contributed by atoms with Gasteiger partial charge in [0.05, 0.1) is 11.8 Å². The summed E-state index contributed by atoms with van der Waals surface area (Å²) in [6.45, 7) is 2.45. The molecular weight excluding hydrogens is 222 g/mol. The van der Waals surface area contributed by atoms with Gasteiger partial charge in [0.25, 0.3) is 5.91 Å². The monoisotopic (exact) mass is 237 g/mol. The van der Waals surface area contributed by atoms with E-state index >= 15 is 0 Å². The summed E-state index contributed by atoms with van der Waals surface area (Å²) in [4.78, 5) is 26.5. The Kier molecular flexibility index (Phi) is 3.27. The van der Waals surface area contributed by atoms with Crippen LogP contribution >= 0.6 is 0 Å². The number of aromatic amines is 1. The lowest BCUT2D eigenvalue weighted by Gasteiger charge is -2.15. The maximum atomic E-state index is 11.5. The van der Waals surface area contributed by atoms with E-state index in [1.807, 2.05) is 0 Å². The van der Waals surface area contributed by atoms with Gasteiger partial charge in [-0.1, -0.05) is 0 Å². The van der Waals surface area contributed by atoms with Crippen LogP contribution in [0.2, 0.25) is 0 Å². The van der Waals surface area contributed by atoms with Crippen LogP contribution in [0.4, 0.5) is 4.79 Å². The van der Waals surface area contributed by atoms with Gasteiger partial charge in [0.1, 0.15) is 0 Å². The highest BCUT2D eigenvalue weighted by atomic mass is 16.2. The zero-order valence-electron chi connectivity index (χ0n) is 9.64. The topological polar surface area (TPSA) is 81.3 Å². The average Bonchev–Trinajstić information content (AvgIpc) is 2.93. The highest BCUT2D eigenvalue weighted by Gasteiger charge is 2.24. The van der Waals surface area contributed by atoms with Gasteiger partial charge in [-0.15, -0.1) is 0 Å². The molecule has 92 valence electrons. The normalized spacial score (nSPS) is 15.5. The number of aromatic nitrogens is 2. The molecule has 1 aliphatic rings. The Bertz CT molecular complexity index is 403. The molecule has 7 heteroatoms. The number of hydrogen-bond donors (Lipinski definition) is 2. The van der Waals surface area contributed by atoms with Crippen molar-refractivity contribution in [1.29, 1.82) is 0 Å². The second kappa shape index (κ2) is 4.86. The van der Waals surface area contributed by atoms with E-state index in [-0.39, 0.29) is 11.9 Å². The molecule has 2 rings (SSSR count). The number of nitrogens with one attached hydrogen (secondary N) is 2. The van der Waals surface area contributed by atoms with Crippen LogP contribution in [0.25, 0.3) is 0 Å². The highest BCUT2D eigenvalue weighted by molar-refractivity contribution is 5.93. The van der Waals surface area contributed by atoms with E-state index in [4.69, 9.17) is 0 Å². The molecule has 0 bridgehead atoms. The molecule has 1 aromatic heterocycles. The van der Waals surface area contributed by atoms with E-state index in [0.717, 1.165) is 13.1 Å². The minimum Gasteiger partial charge on any atom is -0.350 e. The maximum Gasteiger partial charge on any atom is 0.319 e. The van der Waals surface area contributed by atoms with Gasteiger partial charge >= 0.3 is 6.03 Å². The molecule has 0 spiro atoms. The fourth-order valence-corrected chi connectivity index (χ4v) is 1.69. The van der Waals surface area contributed by atoms with Crippen molar-refractivity contribution >= 4 is 11.9 Å². The summed E-state index contributed by atoms with van der Waals surface area (Å²) in [7, 11) is 1.77. The third-order valence-corrected chi connectivity index (χ3v) is 2.73. The SMILES string of the molecule is CN1CCN(CCNC(=O)c2cn[nH]c2)C1=O.